The highest BCUT2D eigenvalue weighted by molar-refractivity contribution is 5.88. The number of hydrogen-bond acceptors (Lipinski definition) is 6. The van der Waals surface area contributed by atoms with Crippen molar-refractivity contribution >= 4 is 16.7 Å². The minimum atomic E-state index is 0.267. The fourth-order valence-electron chi connectivity index (χ4n) is 5.42. The zero-order chi connectivity index (χ0) is 27.2. The van der Waals surface area contributed by atoms with Gasteiger partial charge in [-0.3, -0.25) is 9.80 Å². The quantitative estimate of drug-likeness (QED) is 0.277. The molecule has 3 aromatic carbocycles. The molecule has 1 saturated heterocycles. The highest BCUT2D eigenvalue weighted by atomic mass is 15.3. The summed E-state index contributed by atoms with van der Waals surface area (Å²) in [6.07, 6.45) is 1.08. The Morgan fingerprint density at radius 2 is 1.41 bits per heavy atom. The number of nitrogens with zero attached hydrogens (tertiary/aromatic N) is 5. The molecule has 0 atom stereocenters. The van der Waals surface area contributed by atoms with Crippen LogP contribution in [0.1, 0.15) is 40.5 Å². The standard InChI is InChI=1S/C33H42N6/c1-25-10-14-27(15-11-25)32(28-16-12-26(2)13-17-28)39-22-20-38(21-23-39)24-31-35-30-9-6-5-8-29(30)33(36-31)34-18-7-19-37(3)4/h5-6,8-17,32H,7,18-24H2,1-4H3,(H,34,35,36). The van der Waals surface area contributed by atoms with E-state index in [1.807, 2.05) is 0 Å². The number of hydrogen-bond donors (Lipinski definition) is 1. The van der Waals surface area contributed by atoms with E-state index in [-0.39, 0.29) is 6.04 Å². The summed E-state index contributed by atoms with van der Waals surface area (Å²) in [5.74, 6) is 1.85. The molecule has 39 heavy (non-hydrogen) atoms. The third-order valence-corrected chi connectivity index (χ3v) is 7.65. The Labute approximate surface area is 233 Å². The molecule has 0 saturated carbocycles. The van der Waals surface area contributed by atoms with Crippen molar-refractivity contribution < 1.29 is 0 Å². The summed E-state index contributed by atoms with van der Waals surface area (Å²) in [6.45, 7) is 11.0. The number of rotatable bonds is 10. The van der Waals surface area contributed by atoms with E-state index in [0.29, 0.717) is 0 Å². The lowest BCUT2D eigenvalue weighted by atomic mass is 9.95. The molecular formula is C33H42N6. The number of piperazine rings is 1. The normalized spacial score (nSPS) is 14.9. The van der Waals surface area contributed by atoms with E-state index in [1.54, 1.807) is 0 Å². The molecule has 6 heteroatoms. The fourth-order valence-corrected chi connectivity index (χ4v) is 5.42. The first-order valence-electron chi connectivity index (χ1n) is 14.2. The zero-order valence-electron chi connectivity index (χ0n) is 23.9. The summed E-state index contributed by atoms with van der Waals surface area (Å²) in [7, 11) is 4.23. The molecule has 0 bridgehead atoms. The van der Waals surface area contributed by atoms with Crippen LogP contribution in [0.2, 0.25) is 0 Å². The van der Waals surface area contributed by atoms with Crippen molar-refractivity contribution in [3.05, 3.63) is 101 Å². The maximum absolute atomic E-state index is 4.99. The second kappa shape index (κ2) is 12.7. The van der Waals surface area contributed by atoms with Crippen LogP contribution in [-0.4, -0.2) is 78.0 Å². The minimum Gasteiger partial charge on any atom is -0.369 e. The number of fused-ring (bicyclic) bond motifs is 1. The SMILES string of the molecule is Cc1ccc(C(c2ccc(C)cc2)N2CCN(Cc3nc(NCCCN(C)C)c4ccccc4n3)CC2)cc1. The first-order valence-corrected chi connectivity index (χ1v) is 14.2. The van der Waals surface area contributed by atoms with Crippen LogP contribution in [0.5, 0.6) is 0 Å². The molecular weight excluding hydrogens is 480 g/mol. The van der Waals surface area contributed by atoms with Gasteiger partial charge >= 0.3 is 0 Å². The third kappa shape index (κ3) is 7.01. The van der Waals surface area contributed by atoms with Gasteiger partial charge in [0.25, 0.3) is 0 Å². The molecule has 1 fully saturated rings. The highest BCUT2D eigenvalue weighted by Crippen LogP contribution is 2.30. The van der Waals surface area contributed by atoms with Gasteiger partial charge in [0, 0.05) is 38.1 Å². The van der Waals surface area contributed by atoms with E-state index in [2.05, 4.69) is 121 Å². The number of aromatic nitrogens is 2. The summed E-state index contributed by atoms with van der Waals surface area (Å²) in [4.78, 5) is 17.3. The lowest BCUT2D eigenvalue weighted by Crippen LogP contribution is -2.47. The molecule has 1 N–H and O–H groups in total. The van der Waals surface area contributed by atoms with Gasteiger partial charge in [-0.2, -0.15) is 0 Å². The second-order valence-electron chi connectivity index (χ2n) is 11.1. The fraction of sp³-hybridized carbons (Fsp3) is 0.394. The molecule has 0 radical (unpaired) electrons. The van der Waals surface area contributed by atoms with Crippen molar-refractivity contribution in [3.8, 4) is 0 Å². The van der Waals surface area contributed by atoms with Crippen molar-refractivity contribution in [3.63, 3.8) is 0 Å². The van der Waals surface area contributed by atoms with Crippen molar-refractivity contribution in [2.45, 2.75) is 32.9 Å². The number of benzene rings is 3. The molecule has 1 aliphatic rings. The number of aryl methyl sites for hydroxylation is 2. The largest absolute Gasteiger partial charge is 0.369 e. The summed E-state index contributed by atoms with van der Waals surface area (Å²) < 4.78 is 0. The van der Waals surface area contributed by atoms with Crippen LogP contribution in [0.4, 0.5) is 5.82 Å². The van der Waals surface area contributed by atoms with Crippen LogP contribution >= 0.6 is 0 Å². The van der Waals surface area contributed by atoms with Crippen LogP contribution in [-0.2, 0) is 6.54 Å². The van der Waals surface area contributed by atoms with Crippen molar-refractivity contribution in [2.75, 3.05) is 58.7 Å². The molecule has 4 aromatic rings. The summed E-state index contributed by atoms with van der Waals surface area (Å²) >= 11 is 0. The first kappa shape index (κ1) is 27.3. The van der Waals surface area contributed by atoms with Crippen LogP contribution < -0.4 is 5.32 Å². The van der Waals surface area contributed by atoms with Gasteiger partial charge in [0.15, 0.2) is 0 Å². The van der Waals surface area contributed by atoms with Gasteiger partial charge in [0.1, 0.15) is 11.6 Å². The van der Waals surface area contributed by atoms with Crippen LogP contribution in [0.15, 0.2) is 72.8 Å². The average Bonchev–Trinajstić information content (AvgIpc) is 2.94. The summed E-state index contributed by atoms with van der Waals surface area (Å²) in [5.41, 5.74) is 6.33. The topological polar surface area (TPSA) is 47.5 Å². The zero-order valence-corrected chi connectivity index (χ0v) is 23.9. The predicted octanol–water partition coefficient (Wildman–Crippen LogP) is 5.52. The van der Waals surface area contributed by atoms with E-state index >= 15 is 0 Å². The van der Waals surface area contributed by atoms with Gasteiger partial charge in [-0.05, 0) is 64.2 Å². The Kier molecular flexibility index (Phi) is 8.87. The molecule has 1 aliphatic heterocycles. The van der Waals surface area contributed by atoms with Gasteiger partial charge in [0.05, 0.1) is 18.1 Å². The molecule has 6 nitrogen and oxygen atoms in total. The predicted molar refractivity (Wildman–Crippen MR) is 162 cm³/mol. The van der Waals surface area contributed by atoms with Crippen molar-refractivity contribution in [1.82, 2.24) is 24.7 Å². The minimum absolute atomic E-state index is 0.267. The van der Waals surface area contributed by atoms with E-state index in [1.165, 1.54) is 22.3 Å². The van der Waals surface area contributed by atoms with Crippen molar-refractivity contribution in [2.24, 2.45) is 0 Å². The lowest BCUT2D eigenvalue weighted by Gasteiger charge is -2.39. The molecule has 0 spiro atoms. The Morgan fingerprint density at radius 1 is 0.795 bits per heavy atom. The smallest absolute Gasteiger partial charge is 0.145 e. The summed E-state index contributed by atoms with van der Waals surface area (Å²) in [6, 6.07) is 26.7. The molecule has 0 unspecified atom stereocenters. The van der Waals surface area contributed by atoms with Gasteiger partial charge in [-0.1, -0.05) is 71.8 Å². The average molecular weight is 523 g/mol. The van der Waals surface area contributed by atoms with Crippen LogP contribution in [0.3, 0.4) is 0 Å². The monoisotopic (exact) mass is 522 g/mol. The van der Waals surface area contributed by atoms with Gasteiger partial charge in [-0.25, -0.2) is 9.97 Å². The molecule has 5 rings (SSSR count). The molecule has 2 heterocycles. The van der Waals surface area contributed by atoms with Crippen molar-refractivity contribution in [1.29, 1.82) is 0 Å². The maximum atomic E-state index is 4.99. The Balaban J connectivity index is 1.28. The molecule has 204 valence electrons. The van der Waals surface area contributed by atoms with Gasteiger partial charge in [0.2, 0.25) is 0 Å². The highest BCUT2D eigenvalue weighted by Gasteiger charge is 2.27. The van der Waals surface area contributed by atoms with E-state index in [9.17, 15) is 0 Å². The van der Waals surface area contributed by atoms with Crippen LogP contribution in [0.25, 0.3) is 10.9 Å². The maximum Gasteiger partial charge on any atom is 0.145 e. The lowest BCUT2D eigenvalue weighted by molar-refractivity contribution is 0.103. The Hall–Kier alpha value is -3.32. The van der Waals surface area contributed by atoms with Gasteiger partial charge in [-0.15, -0.1) is 0 Å². The molecule has 1 aromatic heterocycles. The van der Waals surface area contributed by atoms with E-state index in [0.717, 1.165) is 74.8 Å². The van der Waals surface area contributed by atoms with Crippen LogP contribution in [0, 0.1) is 13.8 Å². The summed E-state index contributed by atoms with van der Waals surface area (Å²) in [5, 5.41) is 4.67. The second-order valence-corrected chi connectivity index (χ2v) is 11.1. The third-order valence-electron chi connectivity index (χ3n) is 7.65. The number of nitrogens with one attached hydrogen (secondary N) is 1. The molecule has 0 amide bonds. The number of anilines is 1. The van der Waals surface area contributed by atoms with E-state index in [4.69, 9.17) is 9.97 Å². The molecule has 0 aliphatic carbocycles. The Bertz CT molecular complexity index is 1300. The van der Waals surface area contributed by atoms with E-state index < -0.39 is 0 Å². The Morgan fingerprint density at radius 3 is 2.03 bits per heavy atom. The van der Waals surface area contributed by atoms with Gasteiger partial charge < -0.3 is 10.2 Å². The number of para-hydroxylation sites is 1. The first-order chi connectivity index (χ1) is 19.0.